The van der Waals surface area contributed by atoms with Crippen LogP contribution in [0.2, 0.25) is 0 Å². The zero-order chi connectivity index (χ0) is 16.9. The van der Waals surface area contributed by atoms with Gasteiger partial charge in [0.15, 0.2) is 0 Å². The van der Waals surface area contributed by atoms with E-state index in [0.29, 0.717) is 13.0 Å². The quantitative estimate of drug-likeness (QED) is 0.853. The van der Waals surface area contributed by atoms with Gasteiger partial charge in [0.1, 0.15) is 11.8 Å². The molecule has 3 rings (SSSR count). The molecule has 1 aromatic heterocycles. The van der Waals surface area contributed by atoms with Crippen LogP contribution in [-0.2, 0) is 4.79 Å². The van der Waals surface area contributed by atoms with Crippen LogP contribution < -0.4 is 4.74 Å². The van der Waals surface area contributed by atoms with Gasteiger partial charge in [-0.05, 0) is 55.5 Å². The smallest absolute Gasteiger partial charge is 0.320 e. The Balaban J connectivity index is 1.95. The number of ether oxygens (including phenoxy) is 1. The molecule has 0 saturated carbocycles. The summed E-state index contributed by atoms with van der Waals surface area (Å²) in [5.74, 6) is 0.127. The fraction of sp³-hybridized carbons (Fsp3) is 0.421. The van der Waals surface area contributed by atoms with Crippen molar-refractivity contribution in [3.63, 3.8) is 0 Å². The Morgan fingerprint density at radius 1 is 1.33 bits per heavy atom. The largest absolute Gasteiger partial charge is 0.494 e. The molecule has 2 atom stereocenters. The maximum atomic E-state index is 11.8. The summed E-state index contributed by atoms with van der Waals surface area (Å²) in [6.07, 6.45) is 2.74. The third-order valence-electron chi connectivity index (χ3n) is 4.48. The van der Waals surface area contributed by atoms with Gasteiger partial charge < -0.3 is 9.84 Å². The van der Waals surface area contributed by atoms with E-state index >= 15 is 0 Å². The van der Waals surface area contributed by atoms with Crippen molar-refractivity contribution < 1.29 is 14.6 Å². The topological polar surface area (TPSA) is 49.8 Å². The molecule has 0 radical (unpaired) electrons. The number of nitrogens with zero attached hydrogens (tertiary/aromatic N) is 1. The minimum Gasteiger partial charge on any atom is -0.494 e. The fourth-order valence-electron chi connectivity index (χ4n) is 3.41. The highest BCUT2D eigenvalue weighted by molar-refractivity contribution is 7.10. The SMILES string of the molecule is CCOc1ccc(C(c2cccs2)N2CCCCC2C(=O)O)cc1. The maximum Gasteiger partial charge on any atom is 0.320 e. The lowest BCUT2D eigenvalue weighted by molar-refractivity contribution is -0.145. The average molecular weight is 345 g/mol. The Hall–Kier alpha value is -1.85. The zero-order valence-electron chi connectivity index (χ0n) is 13.9. The number of carbonyl (C=O) groups is 1. The molecule has 2 unspecified atom stereocenters. The normalized spacial score (nSPS) is 19.8. The lowest BCUT2D eigenvalue weighted by Gasteiger charge is -2.39. The van der Waals surface area contributed by atoms with Crippen molar-refractivity contribution in [2.45, 2.75) is 38.3 Å². The van der Waals surface area contributed by atoms with Gasteiger partial charge in [-0.1, -0.05) is 24.6 Å². The molecule has 24 heavy (non-hydrogen) atoms. The van der Waals surface area contributed by atoms with Gasteiger partial charge >= 0.3 is 5.97 Å². The van der Waals surface area contributed by atoms with E-state index in [1.807, 2.05) is 25.1 Å². The Kier molecular flexibility index (Phi) is 5.53. The molecule has 2 heterocycles. The van der Waals surface area contributed by atoms with Crippen LogP contribution in [0.25, 0.3) is 0 Å². The second kappa shape index (κ2) is 7.81. The van der Waals surface area contributed by atoms with Crippen LogP contribution in [0.4, 0.5) is 0 Å². The number of piperidine rings is 1. The summed E-state index contributed by atoms with van der Waals surface area (Å²) >= 11 is 1.68. The number of likely N-dealkylation sites (tertiary alicyclic amines) is 1. The monoisotopic (exact) mass is 345 g/mol. The number of rotatable bonds is 6. The first-order valence-corrected chi connectivity index (χ1v) is 9.33. The summed E-state index contributed by atoms with van der Waals surface area (Å²) in [4.78, 5) is 15.1. The fourth-order valence-corrected chi connectivity index (χ4v) is 4.28. The lowest BCUT2D eigenvalue weighted by atomic mass is 9.95. The highest BCUT2D eigenvalue weighted by Crippen LogP contribution is 2.36. The van der Waals surface area contributed by atoms with Gasteiger partial charge in [0.25, 0.3) is 0 Å². The van der Waals surface area contributed by atoms with Gasteiger partial charge in [-0.3, -0.25) is 9.69 Å². The third kappa shape index (κ3) is 3.62. The average Bonchev–Trinajstić information content (AvgIpc) is 3.11. The van der Waals surface area contributed by atoms with Crippen LogP contribution in [0, 0.1) is 0 Å². The Labute approximate surface area is 146 Å². The number of aliphatic carboxylic acids is 1. The minimum absolute atomic E-state index is 0.0120. The van der Waals surface area contributed by atoms with Crippen molar-refractivity contribution in [3.05, 3.63) is 52.2 Å². The second-order valence-corrected chi connectivity index (χ2v) is 6.99. The number of hydrogen-bond acceptors (Lipinski definition) is 4. The summed E-state index contributed by atoms with van der Waals surface area (Å²) in [5.41, 5.74) is 1.12. The first-order valence-electron chi connectivity index (χ1n) is 8.45. The predicted molar refractivity (Wildman–Crippen MR) is 95.8 cm³/mol. The molecule has 1 aliphatic rings. The Bertz CT molecular complexity index is 654. The highest BCUT2D eigenvalue weighted by Gasteiger charge is 2.35. The standard InChI is InChI=1S/C19H23NO3S/c1-2-23-15-10-8-14(9-11-15)18(17-7-5-13-24-17)20-12-4-3-6-16(20)19(21)22/h5,7-11,13,16,18H,2-4,6,12H2,1H3,(H,21,22). The van der Waals surface area contributed by atoms with E-state index in [4.69, 9.17) is 4.74 Å². The summed E-state index contributed by atoms with van der Waals surface area (Å²) in [5, 5.41) is 11.7. The molecule has 128 valence electrons. The molecular formula is C19H23NO3S. The van der Waals surface area contributed by atoms with Crippen LogP contribution in [0.3, 0.4) is 0 Å². The first kappa shape index (κ1) is 17.0. The van der Waals surface area contributed by atoms with Gasteiger partial charge in [-0.2, -0.15) is 0 Å². The highest BCUT2D eigenvalue weighted by atomic mass is 32.1. The summed E-state index contributed by atoms with van der Waals surface area (Å²) in [6, 6.07) is 11.8. The molecule has 5 heteroatoms. The van der Waals surface area contributed by atoms with E-state index in [-0.39, 0.29) is 6.04 Å². The van der Waals surface area contributed by atoms with Crippen molar-refractivity contribution in [2.24, 2.45) is 0 Å². The van der Waals surface area contributed by atoms with Crippen LogP contribution in [-0.4, -0.2) is 35.2 Å². The molecule has 0 aliphatic carbocycles. The number of hydrogen-bond donors (Lipinski definition) is 1. The molecule has 0 amide bonds. The van der Waals surface area contributed by atoms with Gasteiger partial charge in [-0.25, -0.2) is 0 Å². The van der Waals surface area contributed by atoms with Crippen molar-refractivity contribution in [1.82, 2.24) is 4.90 Å². The number of thiophene rings is 1. The van der Waals surface area contributed by atoms with Crippen molar-refractivity contribution in [2.75, 3.05) is 13.2 Å². The van der Waals surface area contributed by atoms with E-state index in [1.165, 1.54) is 4.88 Å². The molecule has 0 bridgehead atoms. The number of carboxylic acid groups (broad SMARTS) is 1. The third-order valence-corrected chi connectivity index (χ3v) is 5.41. The molecule has 0 spiro atoms. The molecule has 1 aromatic carbocycles. The van der Waals surface area contributed by atoms with Crippen LogP contribution >= 0.6 is 11.3 Å². The van der Waals surface area contributed by atoms with E-state index in [1.54, 1.807) is 11.3 Å². The molecular weight excluding hydrogens is 322 g/mol. The van der Waals surface area contributed by atoms with E-state index in [2.05, 4.69) is 28.5 Å². The first-order chi connectivity index (χ1) is 11.7. The molecule has 1 N–H and O–H groups in total. The van der Waals surface area contributed by atoms with Crippen molar-refractivity contribution >= 4 is 17.3 Å². The number of benzene rings is 1. The van der Waals surface area contributed by atoms with E-state index in [0.717, 1.165) is 30.7 Å². The van der Waals surface area contributed by atoms with Crippen LogP contribution in [0.1, 0.15) is 42.7 Å². The van der Waals surface area contributed by atoms with Crippen molar-refractivity contribution in [3.8, 4) is 5.75 Å². The lowest BCUT2D eigenvalue weighted by Crippen LogP contribution is -2.46. The molecule has 1 saturated heterocycles. The zero-order valence-corrected chi connectivity index (χ0v) is 14.7. The minimum atomic E-state index is -0.720. The molecule has 1 aliphatic heterocycles. The summed E-state index contributed by atoms with van der Waals surface area (Å²) in [6.45, 7) is 3.42. The Morgan fingerprint density at radius 3 is 2.75 bits per heavy atom. The Morgan fingerprint density at radius 2 is 2.12 bits per heavy atom. The van der Waals surface area contributed by atoms with Crippen LogP contribution in [0.15, 0.2) is 41.8 Å². The van der Waals surface area contributed by atoms with Crippen LogP contribution in [0.5, 0.6) is 5.75 Å². The summed E-state index contributed by atoms with van der Waals surface area (Å²) in [7, 11) is 0. The summed E-state index contributed by atoms with van der Waals surface area (Å²) < 4.78 is 5.53. The van der Waals surface area contributed by atoms with Gasteiger partial charge in [-0.15, -0.1) is 11.3 Å². The predicted octanol–water partition coefficient (Wildman–Crippen LogP) is 4.18. The van der Waals surface area contributed by atoms with Gasteiger partial charge in [0.2, 0.25) is 0 Å². The second-order valence-electron chi connectivity index (χ2n) is 6.01. The van der Waals surface area contributed by atoms with Gasteiger partial charge in [0, 0.05) is 4.88 Å². The van der Waals surface area contributed by atoms with Gasteiger partial charge in [0.05, 0.1) is 12.6 Å². The number of carboxylic acids is 1. The van der Waals surface area contributed by atoms with Crippen molar-refractivity contribution in [1.29, 1.82) is 0 Å². The molecule has 2 aromatic rings. The van der Waals surface area contributed by atoms with E-state index < -0.39 is 12.0 Å². The van der Waals surface area contributed by atoms with E-state index in [9.17, 15) is 9.90 Å². The maximum absolute atomic E-state index is 11.8. The molecule has 1 fully saturated rings. The molecule has 4 nitrogen and oxygen atoms in total.